The topological polar surface area (TPSA) is 25.8 Å². The van der Waals surface area contributed by atoms with Crippen LogP contribution in [0.4, 0.5) is 0 Å². The maximum Gasteiger partial charge on any atom is 0.116 e. The minimum atomic E-state index is 0.958. The molecule has 0 aliphatic carbocycles. The quantitative estimate of drug-likeness (QED) is 0.477. The molecule has 0 spiro atoms. The molecular weight excluding hydrogens is 304 g/mol. The first kappa shape index (κ1) is 15.3. The van der Waals surface area contributed by atoms with E-state index in [2.05, 4.69) is 77.6 Å². The van der Waals surface area contributed by atoms with E-state index in [0.29, 0.717) is 0 Å². The Morgan fingerprint density at radius 3 is 1.80 bits per heavy atom. The summed E-state index contributed by atoms with van der Waals surface area (Å²) in [5.74, 6) is 0. The van der Waals surface area contributed by atoms with Crippen LogP contribution in [0.1, 0.15) is 5.56 Å². The molecule has 1 aromatic heterocycles. The molecule has 0 N–H and O–H groups in total. The van der Waals surface area contributed by atoms with E-state index in [4.69, 9.17) is 0 Å². The van der Waals surface area contributed by atoms with E-state index in [0.717, 1.165) is 33.6 Å². The second kappa shape index (κ2) is 6.70. The fourth-order valence-electron chi connectivity index (χ4n) is 3.12. The number of benzene rings is 3. The lowest BCUT2D eigenvalue weighted by Gasteiger charge is -2.15. The van der Waals surface area contributed by atoms with Gasteiger partial charge in [0.15, 0.2) is 0 Å². The summed E-state index contributed by atoms with van der Waals surface area (Å²) >= 11 is 0. The standard InChI is InChI=1S/C23H18N2/c1-17-10-8-9-15-20(17)23-21(18-11-4-2-5-12-18)22(24-16-25-23)19-13-6-3-7-14-19/h2-16H,1H3. The van der Waals surface area contributed by atoms with Gasteiger partial charge in [-0.05, 0) is 18.1 Å². The molecule has 3 aromatic carbocycles. The van der Waals surface area contributed by atoms with Crippen LogP contribution in [0, 0.1) is 6.92 Å². The van der Waals surface area contributed by atoms with E-state index >= 15 is 0 Å². The number of rotatable bonds is 3. The van der Waals surface area contributed by atoms with Crippen molar-refractivity contribution in [3.8, 4) is 33.6 Å². The van der Waals surface area contributed by atoms with E-state index in [-0.39, 0.29) is 0 Å². The summed E-state index contributed by atoms with van der Waals surface area (Å²) in [7, 11) is 0. The van der Waals surface area contributed by atoms with Gasteiger partial charge in [-0.2, -0.15) is 0 Å². The molecule has 0 amide bonds. The van der Waals surface area contributed by atoms with Crippen LogP contribution < -0.4 is 0 Å². The molecule has 0 unspecified atom stereocenters. The summed E-state index contributed by atoms with van der Waals surface area (Å²) in [6, 6.07) is 29.0. The predicted octanol–water partition coefficient (Wildman–Crippen LogP) is 5.79. The highest BCUT2D eigenvalue weighted by molar-refractivity contribution is 5.91. The van der Waals surface area contributed by atoms with Crippen LogP contribution in [0.5, 0.6) is 0 Å². The van der Waals surface area contributed by atoms with E-state index in [9.17, 15) is 0 Å². The third kappa shape index (κ3) is 2.94. The lowest BCUT2D eigenvalue weighted by Crippen LogP contribution is -1.97. The fraction of sp³-hybridized carbons (Fsp3) is 0.0435. The Morgan fingerprint density at radius 1 is 0.560 bits per heavy atom. The second-order valence-corrected chi connectivity index (χ2v) is 5.99. The molecule has 120 valence electrons. The van der Waals surface area contributed by atoms with Gasteiger partial charge in [0.1, 0.15) is 6.33 Å². The average Bonchev–Trinajstić information content (AvgIpc) is 2.69. The molecule has 1 heterocycles. The third-order valence-corrected chi connectivity index (χ3v) is 4.36. The highest BCUT2D eigenvalue weighted by atomic mass is 14.8. The minimum Gasteiger partial charge on any atom is -0.236 e. The average molecular weight is 322 g/mol. The summed E-state index contributed by atoms with van der Waals surface area (Å²) in [5.41, 5.74) is 7.57. The van der Waals surface area contributed by atoms with Gasteiger partial charge in [0, 0.05) is 16.7 Å². The maximum atomic E-state index is 4.66. The van der Waals surface area contributed by atoms with Crippen molar-refractivity contribution >= 4 is 0 Å². The molecule has 0 saturated heterocycles. The number of hydrogen-bond acceptors (Lipinski definition) is 2. The van der Waals surface area contributed by atoms with E-state index in [1.54, 1.807) is 6.33 Å². The van der Waals surface area contributed by atoms with Crippen molar-refractivity contribution in [3.63, 3.8) is 0 Å². The van der Waals surface area contributed by atoms with Crippen LogP contribution in [0.2, 0.25) is 0 Å². The van der Waals surface area contributed by atoms with Crippen LogP contribution >= 0.6 is 0 Å². The summed E-state index contributed by atoms with van der Waals surface area (Å²) in [6.07, 6.45) is 1.66. The van der Waals surface area contributed by atoms with Crippen LogP contribution in [0.3, 0.4) is 0 Å². The minimum absolute atomic E-state index is 0.958. The van der Waals surface area contributed by atoms with Crippen LogP contribution in [0.15, 0.2) is 91.3 Å². The highest BCUT2D eigenvalue weighted by Gasteiger charge is 2.17. The van der Waals surface area contributed by atoms with Crippen molar-refractivity contribution in [2.24, 2.45) is 0 Å². The van der Waals surface area contributed by atoms with Gasteiger partial charge in [0.05, 0.1) is 11.4 Å². The van der Waals surface area contributed by atoms with Gasteiger partial charge < -0.3 is 0 Å². The van der Waals surface area contributed by atoms with Gasteiger partial charge in [-0.3, -0.25) is 0 Å². The predicted molar refractivity (Wildman–Crippen MR) is 103 cm³/mol. The molecule has 0 fully saturated rings. The van der Waals surface area contributed by atoms with Crippen molar-refractivity contribution in [1.29, 1.82) is 0 Å². The first-order valence-corrected chi connectivity index (χ1v) is 8.36. The highest BCUT2D eigenvalue weighted by Crippen LogP contribution is 2.37. The lowest BCUT2D eigenvalue weighted by molar-refractivity contribution is 1.17. The van der Waals surface area contributed by atoms with E-state index in [1.807, 2.05) is 24.3 Å². The first-order chi connectivity index (χ1) is 12.3. The normalized spacial score (nSPS) is 10.6. The van der Waals surface area contributed by atoms with Crippen LogP contribution in [0.25, 0.3) is 33.6 Å². The molecule has 0 aliphatic rings. The van der Waals surface area contributed by atoms with Crippen LogP contribution in [-0.4, -0.2) is 9.97 Å². The molecule has 2 heteroatoms. The number of aromatic nitrogens is 2. The Labute approximate surface area is 147 Å². The molecule has 0 radical (unpaired) electrons. The molecule has 0 bridgehead atoms. The summed E-state index contributed by atoms with van der Waals surface area (Å²) in [5, 5.41) is 0. The SMILES string of the molecule is Cc1ccccc1-c1ncnc(-c2ccccc2)c1-c1ccccc1. The fourth-order valence-corrected chi connectivity index (χ4v) is 3.12. The summed E-state index contributed by atoms with van der Waals surface area (Å²) in [4.78, 5) is 9.29. The third-order valence-electron chi connectivity index (χ3n) is 4.36. The van der Waals surface area contributed by atoms with Gasteiger partial charge in [-0.25, -0.2) is 9.97 Å². The number of hydrogen-bond donors (Lipinski definition) is 0. The lowest BCUT2D eigenvalue weighted by atomic mass is 9.93. The Bertz CT molecular complexity index is 993. The Kier molecular flexibility index (Phi) is 4.09. The van der Waals surface area contributed by atoms with Crippen molar-refractivity contribution in [2.45, 2.75) is 6.92 Å². The zero-order chi connectivity index (χ0) is 17.1. The molecule has 4 rings (SSSR count). The van der Waals surface area contributed by atoms with Gasteiger partial charge in [0.2, 0.25) is 0 Å². The van der Waals surface area contributed by atoms with Gasteiger partial charge in [-0.1, -0.05) is 84.9 Å². The Morgan fingerprint density at radius 2 is 1.12 bits per heavy atom. The zero-order valence-electron chi connectivity index (χ0n) is 14.1. The number of aryl methyl sites for hydroxylation is 1. The van der Waals surface area contributed by atoms with Crippen molar-refractivity contribution < 1.29 is 0 Å². The molecular formula is C23H18N2. The molecule has 4 aromatic rings. The second-order valence-electron chi connectivity index (χ2n) is 5.99. The summed E-state index contributed by atoms with van der Waals surface area (Å²) < 4.78 is 0. The molecule has 0 aliphatic heterocycles. The van der Waals surface area contributed by atoms with Crippen LogP contribution in [-0.2, 0) is 0 Å². The molecule has 25 heavy (non-hydrogen) atoms. The van der Waals surface area contributed by atoms with Gasteiger partial charge in [-0.15, -0.1) is 0 Å². The Balaban J connectivity index is 2.05. The number of nitrogens with zero attached hydrogens (tertiary/aromatic N) is 2. The largest absolute Gasteiger partial charge is 0.236 e. The van der Waals surface area contributed by atoms with Crippen molar-refractivity contribution in [3.05, 3.63) is 96.8 Å². The van der Waals surface area contributed by atoms with Crippen molar-refractivity contribution in [1.82, 2.24) is 9.97 Å². The maximum absolute atomic E-state index is 4.66. The first-order valence-electron chi connectivity index (χ1n) is 8.36. The van der Waals surface area contributed by atoms with E-state index < -0.39 is 0 Å². The smallest absolute Gasteiger partial charge is 0.116 e. The molecule has 0 saturated carbocycles. The Hall–Kier alpha value is -3.26. The van der Waals surface area contributed by atoms with Crippen molar-refractivity contribution in [2.75, 3.05) is 0 Å². The molecule has 0 atom stereocenters. The van der Waals surface area contributed by atoms with Gasteiger partial charge >= 0.3 is 0 Å². The molecule has 2 nitrogen and oxygen atoms in total. The summed E-state index contributed by atoms with van der Waals surface area (Å²) in [6.45, 7) is 2.12. The van der Waals surface area contributed by atoms with Gasteiger partial charge in [0.25, 0.3) is 0 Å². The zero-order valence-corrected chi connectivity index (χ0v) is 14.1. The van der Waals surface area contributed by atoms with E-state index in [1.165, 1.54) is 5.56 Å². The monoisotopic (exact) mass is 322 g/mol.